The summed E-state index contributed by atoms with van der Waals surface area (Å²) in [6.45, 7) is 3.78. The molecule has 0 radical (unpaired) electrons. The topological polar surface area (TPSA) is 62.5 Å². The lowest BCUT2D eigenvalue weighted by Crippen LogP contribution is -2.47. The number of rotatable bonds is 5. The second-order valence-electron chi connectivity index (χ2n) is 6.10. The number of piperazine rings is 1. The molecule has 0 saturated carbocycles. The first-order chi connectivity index (χ1) is 12.5. The van der Waals surface area contributed by atoms with Gasteiger partial charge < -0.3 is 10.6 Å². The van der Waals surface area contributed by atoms with E-state index in [0.29, 0.717) is 23.5 Å². The summed E-state index contributed by atoms with van der Waals surface area (Å²) < 4.78 is 26.1. The van der Waals surface area contributed by atoms with E-state index in [1.54, 1.807) is 30.5 Å². The quantitative estimate of drug-likeness (QED) is 0.891. The predicted octanol–water partition coefficient (Wildman–Crippen LogP) is 2.29. The van der Waals surface area contributed by atoms with E-state index >= 15 is 0 Å². The molecule has 0 spiro atoms. The van der Waals surface area contributed by atoms with Gasteiger partial charge >= 0.3 is 0 Å². The highest BCUT2D eigenvalue weighted by molar-refractivity contribution is 5.97. The number of pyridine rings is 1. The minimum absolute atomic E-state index is 0.430. The molecular weight excluding hydrogens is 338 g/mol. The van der Waals surface area contributed by atoms with Crippen molar-refractivity contribution in [3.63, 3.8) is 0 Å². The first-order valence-electron chi connectivity index (χ1n) is 8.38. The molecule has 1 amide bonds. The first-order valence-corrected chi connectivity index (χ1v) is 8.38. The minimum Gasteiger partial charge on any atom is -0.365 e. The van der Waals surface area contributed by atoms with Gasteiger partial charge in [-0.2, -0.15) is 0 Å². The van der Waals surface area contributed by atoms with Crippen LogP contribution in [0.2, 0.25) is 0 Å². The number of primary amides is 1. The van der Waals surface area contributed by atoms with Gasteiger partial charge in [0.15, 0.2) is 11.6 Å². The number of carbonyl (C=O) groups excluding carboxylic acids is 1. The fourth-order valence-corrected chi connectivity index (χ4v) is 2.94. The second-order valence-corrected chi connectivity index (χ2v) is 6.10. The number of amides is 1. The van der Waals surface area contributed by atoms with Gasteiger partial charge in [-0.05, 0) is 29.8 Å². The number of anilines is 1. The van der Waals surface area contributed by atoms with Crippen molar-refractivity contribution in [3.05, 3.63) is 65.4 Å². The molecule has 2 N–H and O–H groups in total. The van der Waals surface area contributed by atoms with Crippen LogP contribution >= 0.6 is 0 Å². The van der Waals surface area contributed by atoms with Gasteiger partial charge in [0.2, 0.25) is 0 Å². The normalized spacial score (nSPS) is 15.5. The Hall–Kier alpha value is -2.80. The molecule has 2 heterocycles. The number of halogens is 2. The van der Waals surface area contributed by atoms with Crippen LogP contribution in [0.4, 0.5) is 14.6 Å². The standard InChI is InChI=1S/C19H20F2N4O/c20-16-6-5-14(13-17(16)21)3-2-8-24-9-11-25(12-10-24)19-15(18(22)26)4-1-7-23-19/h1-7,13H,8-12H2,(H2,22,26)/b3-2+. The molecule has 2 aromatic rings. The predicted molar refractivity (Wildman–Crippen MR) is 96.8 cm³/mol. The van der Waals surface area contributed by atoms with Crippen molar-refractivity contribution in [1.29, 1.82) is 0 Å². The van der Waals surface area contributed by atoms with Gasteiger partial charge in [0.25, 0.3) is 5.91 Å². The van der Waals surface area contributed by atoms with E-state index in [-0.39, 0.29) is 0 Å². The van der Waals surface area contributed by atoms with Crippen molar-refractivity contribution < 1.29 is 13.6 Å². The Morgan fingerprint density at radius 1 is 1.15 bits per heavy atom. The van der Waals surface area contributed by atoms with Crippen molar-refractivity contribution in [1.82, 2.24) is 9.88 Å². The number of nitrogens with two attached hydrogens (primary N) is 1. The molecule has 1 fully saturated rings. The fourth-order valence-electron chi connectivity index (χ4n) is 2.94. The van der Waals surface area contributed by atoms with Crippen molar-refractivity contribution in [3.8, 4) is 0 Å². The molecule has 1 aromatic carbocycles. The Kier molecular flexibility index (Phi) is 5.58. The summed E-state index contributed by atoms with van der Waals surface area (Å²) in [5, 5.41) is 0. The van der Waals surface area contributed by atoms with Crippen LogP contribution in [0.5, 0.6) is 0 Å². The third-order valence-corrected chi connectivity index (χ3v) is 4.34. The number of hydrogen-bond acceptors (Lipinski definition) is 4. The Morgan fingerprint density at radius 3 is 2.62 bits per heavy atom. The van der Waals surface area contributed by atoms with Crippen LogP contribution < -0.4 is 10.6 Å². The molecule has 0 bridgehead atoms. The number of hydrogen-bond donors (Lipinski definition) is 1. The summed E-state index contributed by atoms with van der Waals surface area (Å²) >= 11 is 0. The molecule has 1 aliphatic heterocycles. The second kappa shape index (κ2) is 8.05. The molecular formula is C19H20F2N4O. The summed E-state index contributed by atoms with van der Waals surface area (Å²) in [6.07, 6.45) is 5.36. The van der Waals surface area contributed by atoms with Crippen LogP contribution in [0, 0.1) is 11.6 Å². The Morgan fingerprint density at radius 2 is 1.92 bits per heavy atom. The molecule has 7 heteroatoms. The lowest BCUT2D eigenvalue weighted by atomic mass is 10.2. The van der Waals surface area contributed by atoms with Gasteiger partial charge in [0, 0.05) is 38.9 Å². The first kappa shape index (κ1) is 18.0. The Labute approximate surface area is 150 Å². The molecule has 136 valence electrons. The van der Waals surface area contributed by atoms with Gasteiger partial charge in [-0.25, -0.2) is 13.8 Å². The van der Waals surface area contributed by atoms with Crippen LogP contribution in [0.1, 0.15) is 15.9 Å². The summed E-state index contributed by atoms with van der Waals surface area (Å²) in [5.41, 5.74) is 6.47. The Bertz CT molecular complexity index is 817. The third-order valence-electron chi connectivity index (χ3n) is 4.34. The van der Waals surface area contributed by atoms with Gasteiger partial charge in [0.1, 0.15) is 5.82 Å². The van der Waals surface area contributed by atoms with E-state index in [1.165, 1.54) is 6.07 Å². The number of aromatic nitrogens is 1. The van der Waals surface area contributed by atoms with Crippen LogP contribution in [-0.4, -0.2) is 48.5 Å². The van der Waals surface area contributed by atoms with E-state index < -0.39 is 17.5 Å². The minimum atomic E-state index is -0.846. The van der Waals surface area contributed by atoms with Crippen LogP contribution in [-0.2, 0) is 0 Å². The van der Waals surface area contributed by atoms with Crippen molar-refractivity contribution in [2.24, 2.45) is 5.73 Å². The zero-order valence-corrected chi connectivity index (χ0v) is 14.2. The molecule has 1 aromatic heterocycles. The number of nitrogens with zero attached hydrogens (tertiary/aromatic N) is 3. The summed E-state index contributed by atoms with van der Waals surface area (Å²) in [5.74, 6) is -1.55. The lowest BCUT2D eigenvalue weighted by molar-refractivity contribution is 0.1000. The average Bonchev–Trinajstić information content (AvgIpc) is 2.65. The van der Waals surface area contributed by atoms with Crippen LogP contribution in [0.15, 0.2) is 42.6 Å². The zero-order chi connectivity index (χ0) is 18.5. The third kappa shape index (κ3) is 4.23. The van der Waals surface area contributed by atoms with E-state index in [2.05, 4.69) is 14.8 Å². The molecule has 0 aliphatic carbocycles. The van der Waals surface area contributed by atoms with Crippen LogP contribution in [0.25, 0.3) is 6.08 Å². The van der Waals surface area contributed by atoms with E-state index in [0.717, 1.165) is 32.2 Å². The zero-order valence-electron chi connectivity index (χ0n) is 14.2. The molecule has 1 aliphatic rings. The van der Waals surface area contributed by atoms with Crippen molar-refractivity contribution in [2.45, 2.75) is 0 Å². The van der Waals surface area contributed by atoms with Gasteiger partial charge in [-0.1, -0.05) is 18.2 Å². The molecule has 5 nitrogen and oxygen atoms in total. The SMILES string of the molecule is NC(=O)c1cccnc1N1CCN(C/C=C/c2ccc(F)c(F)c2)CC1. The molecule has 0 unspecified atom stereocenters. The maximum atomic E-state index is 13.2. The summed E-state index contributed by atoms with van der Waals surface area (Å²) in [7, 11) is 0. The van der Waals surface area contributed by atoms with Crippen molar-refractivity contribution >= 4 is 17.8 Å². The van der Waals surface area contributed by atoms with E-state index in [1.807, 2.05) is 6.08 Å². The van der Waals surface area contributed by atoms with Crippen molar-refractivity contribution in [2.75, 3.05) is 37.6 Å². The maximum Gasteiger partial charge on any atom is 0.252 e. The largest absolute Gasteiger partial charge is 0.365 e. The van der Waals surface area contributed by atoms with E-state index in [4.69, 9.17) is 5.73 Å². The molecule has 1 saturated heterocycles. The number of carbonyl (C=O) groups is 1. The fraction of sp³-hybridized carbons (Fsp3) is 0.263. The van der Waals surface area contributed by atoms with Crippen LogP contribution in [0.3, 0.4) is 0 Å². The highest BCUT2D eigenvalue weighted by atomic mass is 19.2. The van der Waals surface area contributed by atoms with E-state index in [9.17, 15) is 13.6 Å². The highest BCUT2D eigenvalue weighted by Crippen LogP contribution is 2.18. The average molecular weight is 358 g/mol. The highest BCUT2D eigenvalue weighted by Gasteiger charge is 2.20. The summed E-state index contributed by atoms with van der Waals surface area (Å²) in [6, 6.07) is 7.22. The number of benzene rings is 1. The molecule has 3 rings (SSSR count). The van der Waals surface area contributed by atoms with Gasteiger partial charge in [0.05, 0.1) is 5.56 Å². The van der Waals surface area contributed by atoms with Gasteiger partial charge in [-0.3, -0.25) is 9.69 Å². The maximum absolute atomic E-state index is 13.2. The Balaban J connectivity index is 1.55. The smallest absolute Gasteiger partial charge is 0.252 e. The lowest BCUT2D eigenvalue weighted by Gasteiger charge is -2.35. The van der Waals surface area contributed by atoms with Gasteiger partial charge in [-0.15, -0.1) is 0 Å². The molecule has 26 heavy (non-hydrogen) atoms. The monoisotopic (exact) mass is 358 g/mol. The summed E-state index contributed by atoms with van der Waals surface area (Å²) in [4.78, 5) is 20.1. The molecule has 0 atom stereocenters.